The van der Waals surface area contributed by atoms with Crippen LogP contribution in [0.25, 0.3) is 10.9 Å². The molecule has 1 amide bonds. The molecule has 3 aromatic rings. The highest BCUT2D eigenvalue weighted by Gasteiger charge is 2.29. The number of aliphatic imine (C=N–C) groups is 1. The second kappa shape index (κ2) is 7.04. The Morgan fingerprint density at radius 2 is 2.07 bits per heavy atom. The summed E-state index contributed by atoms with van der Waals surface area (Å²) in [5, 5.41) is 4.56. The zero-order valence-corrected chi connectivity index (χ0v) is 15.8. The molecule has 1 aliphatic rings. The molecule has 0 saturated carbocycles. The standard InChI is InChI=1S/C21H20N4OS/c1-21(9-11-27-20(22)25-21)16-6-2-4-15(12-16)19(26)24-17-7-8-18-14(13-17)5-3-10-23-18/h2-8,10,12-13H,9,11H2,1H3,(H2,22,25)(H,24,26). The number of amidine groups is 1. The molecule has 0 fully saturated rings. The number of pyridine rings is 1. The number of thioether (sulfide) groups is 1. The minimum absolute atomic E-state index is 0.147. The summed E-state index contributed by atoms with van der Waals surface area (Å²) < 4.78 is 0. The predicted molar refractivity (Wildman–Crippen MR) is 112 cm³/mol. The minimum atomic E-state index is -0.389. The van der Waals surface area contributed by atoms with Crippen LogP contribution in [-0.2, 0) is 5.54 Å². The van der Waals surface area contributed by atoms with E-state index >= 15 is 0 Å². The van der Waals surface area contributed by atoms with E-state index < -0.39 is 0 Å². The molecule has 136 valence electrons. The maximum Gasteiger partial charge on any atom is 0.255 e. The molecule has 1 atom stereocenters. The average molecular weight is 376 g/mol. The number of nitrogens with zero attached hydrogens (tertiary/aromatic N) is 2. The van der Waals surface area contributed by atoms with Gasteiger partial charge in [0.25, 0.3) is 5.91 Å². The van der Waals surface area contributed by atoms with Crippen molar-refractivity contribution in [2.45, 2.75) is 18.9 Å². The van der Waals surface area contributed by atoms with Crippen molar-refractivity contribution in [1.82, 2.24) is 4.98 Å². The molecule has 1 aromatic heterocycles. The van der Waals surface area contributed by atoms with Gasteiger partial charge in [-0.1, -0.05) is 30.0 Å². The third-order valence-corrected chi connectivity index (χ3v) is 5.60. The molecule has 6 heteroatoms. The molecule has 4 rings (SSSR count). The average Bonchev–Trinajstić information content (AvgIpc) is 2.68. The summed E-state index contributed by atoms with van der Waals surface area (Å²) in [6.07, 6.45) is 2.65. The van der Waals surface area contributed by atoms with E-state index in [4.69, 9.17) is 5.73 Å². The highest BCUT2D eigenvalue weighted by molar-refractivity contribution is 8.13. The zero-order valence-electron chi connectivity index (χ0n) is 15.0. The quantitative estimate of drug-likeness (QED) is 0.719. The van der Waals surface area contributed by atoms with Gasteiger partial charge in [-0.05, 0) is 55.3 Å². The number of amides is 1. The van der Waals surface area contributed by atoms with Crippen molar-refractivity contribution >= 4 is 39.4 Å². The smallest absolute Gasteiger partial charge is 0.255 e. The lowest BCUT2D eigenvalue weighted by molar-refractivity contribution is 0.102. The third-order valence-electron chi connectivity index (χ3n) is 4.80. The Morgan fingerprint density at radius 1 is 1.19 bits per heavy atom. The largest absolute Gasteiger partial charge is 0.379 e. The molecule has 0 aliphatic carbocycles. The molecule has 1 unspecified atom stereocenters. The number of nitrogens with two attached hydrogens (primary N) is 1. The molecule has 0 spiro atoms. The summed E-state index contributed by atoms with van der Waals surface area (Å²) in [4.78, 5) is 21.7. The molecule has 0 radical (unpaired) electrons. The number of anilines is 1. The van der Waals surface area contributed by atoms with E-state index in [1.54, 1.807) is 18.0 Å². The van der Waals surface area contributed by atoms with E-state index in [1.807, 2.05) is 54.6 Å². The Hall–Kier alpha value is -2.86. The van der Waals surface area contributed by atoms with Gasteiger partial charge in [0, 0.05) is 28.6 Å². The number of hydrogen-bond acceptors (Lipinski definition) is 5. The number of carbonyl (C=O) groups is 1. The van der Waals surface area contributed by atoms with Gasteiger partial charge in [-0.2, -0.15) is 0 Å². The van der Waals surface area contributed by atoms with Crippen LogP contribution in [0.3, 0.4) is 0 Å². The van der Waals surface area contributed by atoms with Crippen LogP contribution >= 0.6 is 11.8 Å². The van der Waals surface area contributed by atoms with Crippen molar-refractivity contribution in [3.05, 3.63) is 71.9 Å². The zero-order chi connectivity index (χ0) is 18.9. The van der Waals surface area contributed by atoms with Gasteiger partial charge in [-0.3, -0.25) is 14.8 Å². The maximum absolute atomic E-state index is 12.8. The fraction of sp³-hybridized carbons (Fsp3) is 0.190. The van der Waals surface area contributed by atoms with Gasteiger partial charge in [0.05, 0.1) is 11.1 Å². The Morgan fingerprint density at radius 3 is 2.93 bits per heavy atom. The molecule has 3 N–H and O–H groups in total. The van der Waals surface area contributed by atoms with Gasteiger partial charge < -0.3 is 11.1 Å². The van der Waals surface area contributed by atoms with Crippen molar-refractivity contribution < 1.29 is 4.79 Å². The predicted octanol–water partition coefficient (Wildman–Crippen LogP) is 4.15. The van der Waals surface area contributed by atoms with Crippen LogP contribution < -0.4 is 11.1 Å². The minimum Gasteiger partial charge on any atom is -0.379 e. The highest BCUT2D eigenvalue weighted by atomic mass is 32.2. The van der Waals surface area contributed by atoms with Crippen molar-refractivity contribution in [1.29, 1.82) is 0 Å². The summed E-state index contributed by atoms with van der Waals surface area (Å²) in [7, 11) is 0. The Labute approximate surface area is 162 Å². The fourth-order valence-corrected chi connectivity index (χ4v) is 4.22. The number of fused-ring (bicyclic) bond motifs is 1. The SMILES string of the molecule is CC1(c2cccc(C(=O)Nc3ccc4ncccc4c3)c2)CCSC(N)=N1. The number of rotatable bonds is 3. The van der Waals surface area contributed by atoms with Crippen LogP contribution in [0.4, 0.5) is 5.69 Å². The summed E-state index contributed by atoms with van der Waals surface area (Å²) in [6.45, 7) is 2.06. The molecule has 2 heterocycles. The first-order chi connectivity index (χ1) is 13.0. The van der Waals surface area contributed by atoms with Crippen molar-refractivity contribution in [3.8, 4) is 0 Å². The maximum atomic E-state index is 12.8. The highest BCUT2D eigenvalue weighted by Crippen LogP contribution is 2.35. The molecular formula is C21H20N4OS. The van der Waals surface area contributed by atoms with E-state index in [0.717, 1.165) is 34.3 Å². The third kappa shape index (κ3) is 3.66. The summed E-state index contributed by atoms with van der Waals surface area (Å²) in [6, 6.07) is 17.2. The normalized spacial score (nSPS) is 19.5. The van der Waals surface area contributed by atoms with Gasteiger partial charge in [-0.25, -0.2) is 0 Å². The molecular weight excluding hydrogens is 356 g/mol. The summed E-state index contributed by atoms with van der Waals surface area (Å²) in [5.74, 6) is 0.777. The van der Waals surface area contributed by atoms with Gasteiger partial charge in [0.1, 0.15) is 0 Å². The Bertz CT molecular complexity index is 1050. The first-order valence-corrected chi connectivity index (χ1v) is 9.77. The summed E-state index contributed by atoms with van der Waals surface area (Å²) >= 11 is 1.57. The molecule has 1 aliphatic heterocycles. The first kappa shape index (κ1) is 17.5. The second-order valence-corrected chi connectivity index (χ2v) is 7.88. The lowest BCUT2D eigenvalue weighted by Crippen LogP contribution is -2.29. The number of hydrogen-bond donors (Lipinski definition) is 2. The number of carbonyl (C=O) groups excluding carboxylic acids is 1. The Balaban J connectivity index is 1.59. The molecule has 27 heavy (non-hydrogen) atoms. The fourth-order valence-electron chi connectivity index (χ4n) is 3.25. The van der Waals surface area contributed by atoms with Crippen LogP contribution in [-0.4, -0.2) is 21.8 Å². The van der Waals surface area contributed by atoms with Gasteiger partial charge in [-0.15, -0.1) is 0 Å². The van der Waals surface area contributed by atoms with Crippen LogP contribution in [0, 0.1) is 0 Å². The van der Waals surface area contributed by atoms with Crippen LogP contribution in [0.5, 0.6) is 0 Å². The van der Waals surface area contributed by atoms with Crippen LogP contribution in [0.15, 0.2) is 65.8 Å². The van der Waals surface area contributed by atoms with E-state index in [1.165, 1.54) is 0 Å². The van der Waals surface area contributed by atoms with Crippen LogP contribution in [0.2, 0.25) is 0 Å². The van der Waals surface area contributed by atoms with E-state index in [2.05, 4.69) is 22.2 Å². The lowest BCUT2D eigenvalue weighted by Gasteiger charge is -2.30. The topological polar surface area (TPSA) is 80.4 Å². The molecule has 2 aromatic carbocycles. The van der Waals surface area contributed by atoms with Gasteiger partial charge >= 0.3 is 0 Å². The Kier molecular flexibility index (Phi) is 4.58. The van der Waals surface area contributed by atoms with E-state index in [9.17, 15) is 4.79 Å². The molecule has 0 bridgehead atoms. The van der Waals surface area contributed by atoms with Crippen molar-refractivity contribution in [2.24, 2.45) is 10.7 Å². The number of nitrogens with one attached hydrogen (secondary N) is 1. The van der Waals surface area contributed by atoms with Crippen LogP contribution in [0.1, 0.15) is 29.3 Å². The van der Waals surface area contributed by atoms with Crippen molar-refractivity contribution in [2.75, 3.05) is 11.1 Å². The number of benzene rings is 2. The lowest BCUT2D eigenvalue weighted by atomic mass is 9.88. The molecule has 5 nitrogen and oxygen atoms in total. The van der Waals surface area contributed by atoms with Crippen molar-refractivity contribution in [3.63, 3.8) is 0 Å². The number of aromatic nitrogens is 1. The van der Waals surface area contributed by atoms with E-state index in [-0.39, 0.29) is 11.4 Å². The summed E-state index contributed by atoms with van der Waals surface area (Å²) in [5.41, 5.74) is 8.78. The van der Waals surface area contributed by atoms with Gasteiger partial charge in [0.2, 0.25) is 0 Å². The second-order valence-electron chi connectivity index (χ2n) is 6.77. The first-order valence-electron chi connectivity index (χ1n) is 8.78. The van der Waals surface area contributed by atoms with Gasteiger partial charge in [0.15, 0.2) is 5.17 Å². The van der Waals surface area contributed by atoms with E-state index in [0.29, 0.717) is 10.7 Å². The monoisotopic (exact) mass is 376 g/mol. The molecule has 0 saturated heterocycles.